The monoisotopic (exact) mass is 919 g/mol. The number of rotatable bonds is 47. The lowest BCUT2D eigenvalue weighted by Gasteiger charge is -2.40. The maximum absolute atomic E-state index is 11.1. The lowest BCUT2D eigenvalue weighted by atomic mass is 10.0. The number of hydrogen-bond donors (Lipinski definition) is 0. The van der Waals surface area contributed by atoms with Crippen molar-refractivity contribution in [3.8, 4) is 5.75 Å². The van der Waals surface area contributed by atoms with Gasteiger partial charge in [-0.25, -0.2) is 0 Å². The molecule has 0 bridgehead atoms. The second-order valence-corrected chi connectivity index (χ2v) is 19.5. The summed E-state index contributed by atoms with van der Waals surface area (Å²) >= 11 is 0. The Morgan fingerprint density at radius 3 is 0.677 bits per heavy atom. The Morgan fingerprint density at radius 2 is 0.508 bits per heavy atom. The molecule has 0 aromatic heterocycles. The van der Waals surface area contributed by atoms with E-state index in [1.165, 1.54) is 287 Å². The summed E-state index contributed by atoms with van der Waals surface area (Å²) < 4.78 is 1.49. The lowest BCUT2D eigenvalue weighted by molar-refractivity contribution is -0.929. The summed E-state index contributed by atoms with van der Waals surface area (Å²) in [4.78, 5) is 27.5. The topological polar surface area (TPSA) is 152 Å². The van der Waals surface area contributed by atoms with Crippen LogP contribution in [0.15, 0.2) is 12.1 Å². The number of nitro groups is 3. The molecule has 1 rings (SSSR count). The van der Waals surface area contributed by atoms with E-state index >= 15 is 0 Å². The number of hydrogen-bond acceptors (Lipinski definition) is 7. The van der Waals surface area contributed by atoms with Gasteiger partial charge in [0.2, 0.25) is 0 Å². The van der Waals surface area contributed by atoms with Gasteiger partial charge in [-0.2, -0.15) is 0 Å². The summed E-state index contributed by atoms with van der Waals surface area (Å²) in [5, 5.41) is 42.1. The molecule has 11 heteroatoms. The van der Waals surface area contributed by atoms with E-state index in [0.717, 1.165) is 0 Å². The van der Waals surface area contributed by atoms with E-state index in [1.807, 2.05) is 0 Å². The fourth-order valence-corrected chi connectivity index (χ4v) is 9.37. The average molecular weight is 919 g/mol. The number of benzene rings is 1. The third-order valence-corrected chi connectivity index (χ3v) is 13.6. The maximum Gasteiger partial charge on any atom is 0.283 e. The van der Waals surface area contributed by atoms with Gasteiger partial charge in [-0.15, -0.1) is 0 Å². The lowest BCUT2D eigenvalue weighted by Crippen LogP contribution is -2.50. The molecule has 0 fully saturated rings. The molecule has 0 aliphatic carbocycles. The summed E-state index contributed by atoms with van der Waals surface area (Å²) in [5.74, 6) is -1.46. The van der Waals surface area contributed by atoms with Crippen molar-refractivity contribution in [2.24, 2.45) is 0 Å². The molecule has 380 valence electrons. The van der Waals surface area contributed by atoms with Crippen LogP contribution in [0.5, 0.6) is 5.75 Å². The van der Waals surface area contributed by atoms with E-state index in [-0.39, 0.29) is 0 Å². The van der Waals surface area contributed by atoms with Gasteiger partial charge in [-0.3, -0.25) is 30.3 Å². The van der Waals surface area contributed by atoms with Crippen LogP contribution in [0.3, 0.4) is 0 Å². The molecule has 1 aromatic rings. The predicted octanol–water partition coefficient (Wildman–Crippen LogP) is 18.0. The van der Waals surface area contributed by atoms with Crippen LogP contribution >= 0.6 is 0 Å². The Kier molecular flexibility index (Phi) is 43.0. The molecule has 0 N–H and O–H groups in total. The number of nitro benzene ring substituents is 3. The largest absolute Gasteiger partial charge is 0.863 e. The van der Waals surface area contributed by atoms with Gasteiger partial charge in [0.05, 0.1) is 58.8 Å². The average Bonchev–Trinajstić information content (AvgIpc) is 3.28. The molecule has 0 saturated heterocycles. The van der Waals surface area contributed by atoms with E-state index in [4.69, 9.17) is 0 Å². The van der Waals surface area contributed by atoms with Crippen LogP contribution in [0.1, 0.15) is 285 Å². The minimum absolute atomic E-state index is 0.384. The fraction of sp³-hybridized carbons (Fsp3) is 0.889. The third kappa shape index (κ3) is 36.0. The van der Waals surface area contributed by atoms with E-state index in [1.54, 1.807) is 0 Å². The molecular weight excluding hydrogens is 817 g/mol. The first-order chi connectivity index (χ1) is 31.6. The summed E-state index contributed by atoms with van der Waals surface area (Å²) in [6, 6.07) is 0.769. The first-order valence-electron chi connectivity index (χ1n) is 27.7. The standard InChI is InChI=1S/C48H100N.C6H3N3O7/c1-5-9-13-17-21-25-29-33-37-41-45-49(46-42-38-34-30-26-22-18-14-10-6-2,47-43-39-35-31-27-23-19-15-11-7-3)48-44-40-36-32-28-24-20-16-12-8-4;10-6-4(8(13)14)1-3(7(11)12)2-5(6)9(15)16/h5-48H2,1-4H3;1-2,10H/q+1;/p-1. The Balaban J connectivity index is 0.00000213. The Morgan fingerprint density at radius 1 is 0.323 bits per heavy atom. The van der Waals surface area contributed by atoms with Gasteiger partial charge in [0.25, 0.3) is 17.1 Å². The van der Waals surface area contributed by atoms with E-state index < -0.39 is 37.6 Å². The highest BCUT2D eigenvalue weighted by atomic mass is 16.6. The van der Waals surface area contributed by atoms with Crippen molar-refractivity contribution in [1.29, 1.82) is 0 Å². The minimum atomic E-state index is -1.46. The van der Waals surface area contributed by atoms with E-state index in [9.17, 15) is 35.4 Å². The fourth-order valence-electron chi connectivity index (χ4n) is 9.37. The second-order valence-electron chi connectivity index (χ2n) is 19.5. The molecular formula is C54H102N4O7. The third-order valence-electron chi connectivity index (χ3n) is 13.6. The summed E-state index contributed by atoms with van der Waals surface area (Å²) in [6.07, 6.45) is 58.7. The summed E-state index contributed by atoms with van der Waals surface area (Å²) in [5.41, 5.74) is -3.26. The van der Waals surface area contributed by atoms with Crippen molar-refractivity contribution in [3.63, 3.8) is 0 Å². The Hall–Kier alpha value is -2.82. The maximum atomic E-state index is 11.1. The zero-order valence-electron chi connectivity index (χ0n) is 42.9. The van der Waals surface area contributed by atoms with Gasteiger partial charge in [0, 0.05) is 0 Å². The molecule has 0 amide bonds. The number of quaternary nitrogens is 1. The molecule has 0 atom stereocenters. The SMILES string of the molecule is CCCCCCCCCCCC[N+](CCCCCCCCCCCC)(CCCCCCCCCCCC)CCCCCCCCCCCC.O=[N+]([O-])c1cc([N+](=O)[O-])c([O-])c([N+](=O)[O-])c1. The molecule has 65 heavy (non-hydrogen) atoms. The minimum Gasteiger partial charge on any atom is -0.863 e. The van der Waals surface area contributed by atoms with E-state index in [0.29, 0.717) is 12.1 Å². The van der Waals surface area contributed by atoms with Gasteiger partial charge in [0.1, 0.15) is 0 Å². The van der Waals surface area contributed by atoms with E-state index in [2.05, 4.69) is 27.7 Å². The molecule has 0 aliphatic rings. The van der Waals surface area contributed by atoms with Crippen LogP contribution in [0.4, 0.5) is 17.1 Å². The Bertz CT molecular complexity index is 1140. The van der Waals surface area contributed by atoms with Crippen LogP contribution in [-0.2, 0) is 0 Å². The highest BCUT2D eigenvalue weighted by Crippen LogP contribution is 2.37. The second kappa shape index (κ2) is 45.0. The highest BCUT2D eigenvalue weighted by Gasteiger charge is 2.26. The van der Waals surface area contributed by atoms with Crippen LogP contribution in [0.25, 0.3) is 0 Å². The Labute approximate surface area is 399 Å². The molecule has 0 heterocycles. The number of unbranched alkanes of at least 4 members (excludes halogenated alkanes) is 36. The molecule has 0 aliphatic heterocycles. The van der Waals surface area contributed by atoms with Gasteiger partial charge in [-0.05, 0) is 51.4 Å². The zero-order valence-corrected chi connectivity index (χ0v) is 42.9. The van der Waals surface area contributed by atoms with Crippen LogP contribution in [-0.4, -0.2) is 45.4 Å². The number of nitrogens with zero attached hydrogens (tertiary/aromatic N) is 4. The van der Waals surface area contributed by atoms with Crippen molar-refractivity contribution in [2.75, 3.05) is 26.2 Å². The van der Waals surface area contributed by atoms with Crippen LogP contribution in [0.2, 0.25) is 0 Å². The van der Waals surface area contributed by atoms with Gasteiger partial charge >= 0.3 is 0 Å². The van der Waals surface area contributed by atoms with Crippen molar-refractivity contribution < 1.29 is 24.4 Å². The van der Waals surface area contributed by atoms with Crippen molar-refractivity contribution in [3.05, 3.63) is 42.5 Å². The van der Waals surface area contributed by atoms with Crippen LogP contribution < -0.4 is 5.11 Å². The first kappa shape index (κ1) is 62.2. The summed E-state index contributed by atoms with van der Waals surface area (Å²) in [7, 11) is 0. The van der Waals surface area contributed by atoms with Gasteiger partial charge < -0.3 is 9.59 Å². The zero-order chi connectivity index (χ0) is 48.1. The quantitative estimate of drug-likeness (QED) is 0.0273. The highest BCUT2D eigenvalue weighted by molar-refractivity contribution is 5.64. The molecule has 11 nitrogen and oxygen atoms in total. The first-order valence-corrected chi connectivity index (χ1v) is 27.7. The molecule has 0 radical (unpaired) electrons. The molecule has 0 unspecified atom stereocenters. The molecule has 0 saturated carbocycles. The smallest absolute Gasteiger partial charge is 0.283 e. The normalized spacial score (nSPS) is 11.4. The molecule has 0 spiro atoms. The van der Waals surface area contributed by atoms with Crippen LogP contribution in [0, 0.1) is 30.3 Å². The van der Waals surface area contributed by atoms with Crippen molar-refractivity contribution in [1.82, 2.24) is 0 Å². The molecule has 1 aromatic carbocycles. The number of non-ortho nitro benzene ring substituents is 1. The van der Waals surface area contributed by atoms with Crippen molar-refractivity contribution in [2.45, 2.75) is 285 Å². The van der Waals surface area contributed by atoms with Gasteiger partial charge in [0.15, 0.2) is 0 Å². The summed E-state index contributed by atoms with van der Waals surface area (Å²) in [6.45, 7) is 15.3. The van der Waals surface area contributed by atoms with Gasteiger partial charge in [-0.1, -0.05) is 233 Å². The van der Waals surface area contributed by atoms with Crippen molar-refractivity contribution >= 4 is 17.1 Å². The predicted molar refractivity (Wildman–Crippen MR) is 273 cm³/mol.